The van der Waals surface area contributed by atoms with Crippen molar-refractivity contribution in [1.29, 1.82) is 5.26 Å². The van der Waals surface area contributed by atoms with Gasteiger partial charge in [0.2, 0.25) is 0 Å². The molecule has 1 aliphatic carbocycles. The standard InChI is InChI=1S/C12H15N3S/c1-16-6-5-14-12-10(8-13)7-9-3-2-4-11(9)15-12/h7H,2-6H2,1H3,(H,14,15). The molecule has 1 N–H and O–H groups in total. The van der Waals surface area contributed by atoms with Crippen molar-refractivity contribution in [2.45, 2.75) is 19.3 Å². The highest BCUT2D eigenvalue weighted by Crippen LogP contribution is 2.24. The minimum Gasteiger partial charge on any atom is -0.368 e. The van der Waals surface area contributed by atoms with E-state index in [4.69, 9.17) is 5.26 Å². The molecule has 0 aliphatic heterocycles. The molecule has 3 nitrogen and oxygen atoms in total. The highest BCUT2D eigenvalue weighted by molar-refractivity contribution is 7.98. The van der Waals surface area contributed by atoms with E-state index >= 15 is 0 Å². The van der Waals surface area contributed by atoms with Crippen molar-refractivity contribution < 1.29 is 0 Å². The minimum atomic E-state index is 0.682. The van der Waals surface area contributed by atoms with Gasteiger partial charge in [-0.2, -0.15) is 17.0 Å². The first-order chi connectivity index (χ1) is 7.85. The van der Waals surface area contributed by atoms with E-state index < -0.39 is 0 Å². The van der Waals surface area contributed by atoms with Gasteiger partial charge in [0.1, 0.15) is 11.9 Å². The summed E-state index contributed by atoms with van der Waals surface area (Å²) in [7, 11) is 0. The fraction of sp³-hybridized carbons (Fsp3) is 0.500. The lowest BCUT2D eigenvalue weighted by molar-refractivity contribution is 0.899. The summed E-state index contributed by atoms with van der Waals surface area (Å²) < 4.78 is 0. The van der Waals surface area contributed by atoms with E-state index in [9.17, 15) is 0 Å². The van der Waals surface area contributed by atoms with Crippen LogP contribution in [0, 0.1) is 11.3 Å². The van der Waals surface area contributed by atoms with Gasteiger partial charge >= 0.3 is 0 Å². The molecule has 0 saturated carbocycles. The predicted molar refractivity (Wildman–Crippen MR) is 67.8 cm³/mol. The summed E-state index contributed by atoms with van der Waals surface area (Å²) in [5, 5.41) is 12.3. The van der Waals surface area contributed by atoms with Crippen molar-refractivity contribution in [2.75, 3.05) is 23.9 Å². The molecule has 0 saturated heterocycles. The van der Waals surface area contributed by atoms with Gasteiger partial charge < -0.3 is 5.32 Å². The third kappa shape index (κ3) is 2.30. The number of hydrogen-bond acceptors (Lipinski definition) is 4. The number of nitrogens with zero attached hydrogens (tertiary/aromatic N) is 2. The number of fused-ring (bicyclic) bond motifs is 1. The molecular formula is C12H15N3S. The van der Waals surface area contributed by atoms with Gasteiger partial charge in [-0.15, -0.1) is 0 Å². The average Bonchev–Trinajstić information content (AvgIpc) is 2.75. The number of anilines is 1. The zero-order valence-electron chi connectivity index (χ0n) is 9.42. The number of aryl methyl sites for hydroxylation is 2. The molecule has 1 aromatic heterocycles. The van der Waals surface area contributed by atoms with Crippen LogP contribution in [0.4, 0.5) is 5.82 Å². The fourth-order valence-electron chi connectivity index (χ4n) is 1.96. The highest BCUT2D eigenvalue weighted by Gasteiger charge is 2.15. The number of thioether (sulfide) groups is 1. The average molecular weight is 233 g/mol. The minimum absolute atomic E-state index is 0.682. The summed E-state index contributed by atoms with van der Waals surface area (Å²) in [6, 6.07) is 4.22. The van der Waals surface area contributed by atoms with Crippen LogP contribution in [0.15, 0.2) is 6.07 Å². The van der Waals surface area contributed by atoms with Crippen LogP contribution in [0.5, 0.6) is 0 Å². The molecular weight excluding hydrogens is 218 g/mol. The van der Waals surface area contributed by atoms with Gasteiger partial charge in [0.15, 0.2) is 0 Å². The summed E-state index contributed by atoms with van der Waals surface area (Å²) in [4.78, 5) is 4.55. The number of pyridine rings is 1. The maximum absolute atomic E-state index is 9.07. The Hall–Kier alpha value is -1.21. The lowest BCUT2D eigenvalue weighted by Crippen LogP contribution is -2.08. The Kier molecular flexibility index (Phi) is 3.68. The Morgan fingerprint density at radius 3 is 3.19 bits per heavy atom. The van der Waals surface area contributed by atoms with Gasteiger partial charge in [-0.1, -0.05) is 0 Å². The summed E-state index contributed by atoms with van der Waals surface area (Å²) in [5.74, 6) is 1.79. The zero-order chi connectivity index (χ0) is 11.4. The SMILES string of the molecule is CSCCNc1nc2c(cc1C#N)CCC2. The third-order valence-electron chi connectivity index (χ3n) is 2.77. The zero-order valence-corrected chi connectivity index (χ0v) is 10.2. The molecule has 0 spiro atoms. The van der Waals surface area contributed by atoms with E-state index in [2.05, 4.69) is 22.6 Å². The molecule has 16 heavy (non-hydrogen) atoms. The molecule has 1 aliphatic rings. The molecule has 0 atom stereocenters. The fourth-order valence-corrected chi connectivity index (χ4v) is 2.27. The number of nitrogens with one attached hydrogen (secondary N) is 1. The van der Waals surface area contributed by atoms with Crippen molar-refractivity contribution in [3.8, 4) is 6.07 Å². The normalized spacial score (nSPS) is 13.2. The van der Waals surface area contributed by atoms with Crippen molar-refractivity contribution in [3.05, 3.63) is 22.9 Å². The maximum Gasteiger partial charge on any atom is 0.144 e. The Balaban J connectivity index is 2.20. The summed E-state index contributed by atoms with van der Waals surface area (Å²) in [5.41, 5.74) is 3.11. The molecule has 0 amide bonds. The van der Waals surface area contributed by atoms with E-state index in [0.717, 1.165) is 31.0 Å². The van der Waals surface area contributed by atoms with E-state index in [1.165, 1.54) is 17.7 Å². The summed E-state index contributed by atoms with van der Waals surface area (Å²) >= 11 is 1.79. The smallest absolute Gasteiger partial charge is 0.144 e. The van der Waals surface area contributed by atoms with Crippen LogP contribution in [-0.4, -0.2) is 23.5 Å². The van der Waals surface area contributed by atoms with E-state index in [-0.39, 0.29) is 0 Å². The van der Waals surface area contributed by atoms with Gasteiger partial charge in [-0.05, 0) is 37.1 Å². The lowest BCUT2D eigenvalue weighted by atomic mass is 10.1. The summed E-state index contributed by atoms with van der Waals surface area (Å²) in [6.07, 6.45) is 5.37. The molecule has 0 aromatic carbocycles. The molecule has 2 rings (SSSR count). The van der Waals surface area contributed by atoms with Crippen LogP contribution >= 0.6 is 11.8 Å². The van der Waals surface area contributed by atoms with Crippen molar-refractivity contribution in [3.63, 3.8) is 0 Å². The van der Waals surface area contributed by atoms with Crippen molar-refractivity contribution >= 4 is 17.6 Å². The van der Waals surface area contributed by atoms with Crippen LogP contribution in [0.25, 0.3) is 0 Å². The Labute approximate surface area is 100 Å². The number of hydrogen-bond donors (Lipinski definition) is 1. The van der Waals surface area contributed by atoms with Crippen LogP contribution < -0.4 is 5.32 Å². The molecule has 84 valence electrons. The molecule has 1 heterocycles. The Bertz CT molecular complexity index is 423. The molecule has 0 fully saturated rings. The third-order valence-corrected chi connectivity index (χ3v) is 3.38. The highest BCUT2D eigenvalue weighted by atomic mass is 32.2. The van der Waals surface area contributed by atoms with E-state index in [0.29, 0.717) is 5.56 Å². The van der Waals surface area contributed by atoms with E-state index in [1.54, 1.807) is 11.8 Å². The van der Waals surface area contributed by atoms with Crippen molar-refractivity contribution in [2.24, 2.45) is 0 Å². The van der Waals surface area contributed by atoms with Gasteiger partial charge in [0.05, 0.1) is 5.56 Å². The Morgan fingerprint density at radius 2 is 2.44 bits per heavy atom. The molecule has 4 heteroatoms. The van der Waals surface area contributed by atoms with Gasteiger partial charge in [0, 0.05) is 18.0 Å². The second-order valence-corrected chi connectivity index (χ2v) is 4.86. The largest absolute Gasteiger partial charge is 0.368 e. The first-order valence-corrected chi connectivity index (χ1v) is 6.90. The van der Waals surface area contributed by atoms with Gasteiger partial charge in [-0.3, -0.25) is 0 Å². The van der Waals surface area contributed by atoms with Gasteiger partial charge in [-0.25, -0.2) is 4.98 Å². The topological polar surface area (TPSA) is 48.7 Å². The second-order valence-electron chi connectivity index (χ2n) is 3.88. The number of nitriles is 1. The second kappa shape index (κ2) is 5.22. The van der Waals surface area contributed by atoms with E-state index in [1.807, 2.05) is 6.07 Å². The first kappa shape index (κ1) is 11.3. The van der Waals surface area contributed by atoms with Crippen LogP contribution in [0.2, 0.25) is 0 Å². The first-order valence-electron chi connectivity index (χ1n) is 5.51. The monoisotopic (exact) mass is 233 g/mol. The Morgan fingerprint density at radius 1 is 1.56 bits per heavy atom. The van der Waals surface area contributed by atoms with Gasteiger partial charge in [0.25, 0.3) is 0 Å². The summed E-state index contributed by atoms with van der Waals surface area (Å²) in [6.45, 7) is 0.863. The molecule has 0 unspecified atom stereocenters. The quantitative estimate of drug-likeness (QED) is 0.810. The molecule has 0 bridgehead atoms. The predicted octanol–water partition coefficient (Wildman–Crippen LogP) is 2.22. The number of rotatable bonds is 4. The van der Waals surface area contributed by atoms with Crippen LogP contribution in [0.3, 0.4) is 0 Å². The maximum atomic E-state index is 9.07. The van der Waals surface area contributed by atoms with Crippen LogP contribution in [-0.2, 0) is 12.8 Å². The van der Waals surface area contributed by atoms with Crippen molar-refractivity contribution in [1.82, 2.24) is 4.98 Å². The molecule has 1 aromatic rings. The lowest BCUT2D eigenvalue weighted by Gasteiger charge is -2.08. The molecule has 0 radical (unpaired) electrons. The number of aromatic nitrogens is 1. The van der Waals surface area contributed by atoms with Crippen LogP contribution in [0.1, 0.15) is 23.2 Å².